The van der Waals surface area contributed by atoms with Crippen LogP contribution in [0.3, 0.4) is 0 Å². The topological polar surface area (TPSA) is 69.6 Å². The lowest BCUT2D eigenvalue weighted by atomic mass is 10.1. The fraction of sp³-hybridized carbons (Fsp3) is 0.467. The van der Waals surface area contributed by atoms with Crippen molar-refractivity contribution in [1.29, 1.82) is 0 Å². The van der Waals surface area contributed by atoms with Crippen LogP contribution in [0.15, 0.2) is 18.2 Å². The van der Waals surface area contributed by atoms with Gasteiger partial charge in [-0.3, -0.25) is 4.90 Å². The number of urea groups is 1. The summed E-state index contributed by atoms with van der Waals surface area (Å²) in [5.74, 6) is -0.978. The summed E-state index contributed by atoms with van der Waals surface area (Å²) in [5.41, 5.74) is 1.92. The van der Waals surface area contributed by atoms with E-state index in [4.69, 9.17) is 5.11 Å². The lowest BCUT2D eigenvalue weighted by Gasteiger charge is -2.25. The molecule has 0 unspecified atom stereocenters. The van der Waals surface area contributed by atoms with E-state index in [1.807, 2.05) is 6.26 Å². The van der Waals surface area contributed by atoms with Crippen LogP contribution in [0, 0.1) is 0 Å². The van der Waals surface area contributed by atoms with Crippen LogP contribution in [0.4, 0.5) is 10.5 Å². The molecule has 1 heterocycles. The minimum atomic E-state index is -0.978. The van der Waals surface area contributed by atoms with Gasteiger partial charge in [-0.1, -0.05) is 6.07 Å². The van der Waals surface area contributed by atoms with E-state index in [0.29, 0.717) is 18.8 Å². The number of thioether (sulfide) groups is 1. The first-order valence-electron chi connectivity index (χ1n) is 6.81. The zero-order chi connectivity index (χ0) is 15.6. The van der Waals surface area contributed by atoms with Crippen LogP contribution >= 0.6 is 11.8 Å². The number of benzene rings is 1. The van der Waals surface area contributed by atoms with Crippen molar-refractivity contribution in [3.8, 4) is 0 Å². The molecule has 0 aliphatic carbocycles. The molecule has 1 aromatic rings. The van der Waals surface area contributed by atoms with Crippen LogP contribution < -0.4 is 10.2 Å². The first-order chi connectivity index (χ1) is 9.84. The molecule has 0 bridgehead atoms. The number of carboxylic acids is 1. The number of carbonyl (C=O) groups excluding carboxylic acids is 1. The molecule has 6 heteroatoms. The zero-order valence-electron chi connectivity index (χ0n) is 12.5. The van der Waals surface area contributed by atoms with E-state index < -0.39 is 5.97 Å². The summed E-state index contributed by atoms with van der Waals surface area (Å²) in [6.45, 7) is 5.29. The van der Waals surface area contributed by atoms with Crippen LogP contribution in [0.5, 0.6) is 0 Å². The molecule has 0 saturated carbocycles. The molecule has 114 valence electrons. The van der Waals surface area contributed by atoms with Gasteiger partial charge in [0.05, 0.1) is 5.56 Å². The zero-order valence-corrected chi connectivity index (χ0v) is 13.3. The number of hydrogen-bond acceptors (Lipinski definition) is 3. The lowest BCUT2D eigenvalue weighted by Crippen LogP contribution is -2.44. The van der Waals surface area contributed by atoms with Crippen molar-refractivity contribution in [3.05, 3.63) is 29.3 Å². The van der Waals surface area contributed by atoms with Crippen LogP contribution in [-0.4, -0.2) is 41.2 Å². The Hall–Kier alpha value is -1.69. The number of aromatic carboxylic acids is 1. The second-order valence-corrected chi connectivity index (χ2v) is 7.19. The molecule has 0 saturated heterocycles. The average molecular weight is 308 g/mol. The summed E-state index contributed by atoms with van der Waals surface area (Å²) in [7, 11) is 0. The van der Waals surface area contributed by atoms with Gasteiger partial charge in [-0.25, -0.2) is 9.59 Å². The van der Waals surface area contributed by atoms with Gasteiger partial charge in [0.15, 0.2) is 0 Å². The number of nitrogens with zero attached hydrogens (tertiary/aromatic N) is 1. The number of carboxylic acid groups (broad SMARTS) is 1. The van der Waals surface area contributed by atoms with Crippen molar-refractivity contribution in [3.63, 3.8) is 0 Å². The molecule has 21 heavy (non-hydrogen) atoms. The second-order valence-electron chi connectivity index (χ2n) is 5.67. The summed E-state index contributed by atoms with van der Waals surface area (Å²) >= 11 is 1.69. The van der Waals surface area contributed by atoms with Gasteiger partial charge in [-0.2, -0.15) is 11.8 Å². The standard InChI is InChI=1S/C15H20N2O3S/c1-15(2,21-3)9-16-14(20)17-7-6-10-4-5-11(13(18)19)8-12(10)17/h4-5,8H,6-7,9H2,1-3H3,(H,16,20)(H,18,19). The van der Waals surface area contributed by atoms with Gasteiger partial charge in [-0.15, -0.1) is 0 Å². The summed E-state index contributed by atoms with van der Waals surface area (Å²) in [6.07, 6.45) is 2.77. The normalized spacial score (nSPS) is 14.0. The Bertz CT molecular complexity index is 572. The summed E-state index contributed by atoms with van der Waals surface area (Å²) in [6, 6.07) is 4.78. The minimum absolute atomic E-state index is 0.0267. The highest BCUT2D eigenvalue weighted by Crippen LogP contribution is 2.29. The van der Waals surface area contributed by atoms with Crippen LogP contribution in [0.2, 0.25) is 0 Å². The molecule has 5 nitrogen and oxygen atoms in total. The average Bonchev–Trinajstić information content (AvgIpc) is 2.87. The highest BCUT2D eigenvalue weighted by molar-refractivity contribution is 7.99. The van der Waals surface area contributed by atoms with Gasteiger partial charge in [0.1, 0.15) is 0 Å². The maximum Gasteiger partial charge on any atom is 0.335 e. The lowest BCUT2D eigenvalue weighted by molar-refractivity contribution is 0.0697. The largest absolute Gasteiger partial charge is 0.478 e. The molecule has 0 radical (unpaired) electrons. The Balaban J connectivity index is 2.12. The molecule has 1 aromatic carbocycles. The van der Waals surface area contributed by atoms with E-state index in [0.717, 1.165) is 12.0 Å². The molecule has 2 N–H and O–H groups in total. The van der Waals surface area contributed by atoms with Crippen molar-refractivity contribution in [2.45, 2.75) is 25.0 Å². The van der Waals surface area contributed by atoms with E-state index in [-0.39, 0.29) is 16.3 Å². The van der Waals surface area contributed by atoms with Crippen LogP contribution in [-0.2, 0) is 6.42 Å². The third-order valence-corrected chi connectivity index (χ3v) is 4.94. The Kier molecular flexibility index (Phi) is 4.46. The highest BCUT2D eigenvalue weighted by Gasteiger charge is 2.27. The predicted molar refractivity (Wildman–Crippen MR) is 85.4 cm³/mol. The number of carbonyl (C=O) groups is 2. The van der Waals surface area contributed by atoms with Crippen LogP contribution in [0.1, 0.15) is 29.8 Å². The van der Waals surface area contributed by atoms with Gasteiger partial charge in [-0.05, 0) is 44.2 Å². The molecule has 2 rings (SSSR count). The summed E-state index contributed by atoms with van der Waals surface area (Å²) < 4.78 is -0.0267. The van der Waals surface area contributed by atoms with E-state index >= 15 is 0 Å². The van der Waals surface area contributed by atoms with Gasteiger partial charge < -0.3 is 10.4 Å². The maximum absolute atomic E-state index is 12.3. The maximum atomic E-state index is 12.3. The fourth-order valence-electron chi connectivity index (χ4n) is 2.18. The van der Waals surface area contributed by atoms with E-state index in [1.54, 1.807) is 34.9 Å². The third kappa shape index (κ3) is 3.50. The quantitative estimate of drug-likeness (QED) is 0.897. The number of amides is 2. The van der Waals surface area contributed by atoms with Crippen molar-refractivity contribution in [2.24, 2.45) is 0 Å². The van der Waals surface area contributed by atoms with Gasteiger partial charge in [0.25, 0.3) is 0 Å². The van der Waals surface area contributed by atoms with Gasteiger partial charge in [0, 0.05) is 23.5 Å². The number of hydrogen-bond donors (Lipinski definition) is 2. The van der Waals surface area contributed by atoms with E-state index in [2.05, 4.69) is 19.2 Å². The minimum Gasteiger partial charge on any atom is -0.478 e. The molecule has 0 atom stereocenters. The molecule has 1 aliphatic heterocycles. The molecule has 0 aromatic heterocycles. The fourth-order valence-corrected chi connectivity index (χ4v) is 2.40. The molecule has 0 spiro atoms. The van der Waals surface area contributed by atoms with Crippen LogP contribution in [0.25, 0.3) is 0 Å². The van der Waals surface area contributed by atoms with Gasteiger partial charge in [0.2, 0.25) is 0 Å². The van der Waals surface area contributed by atoms with Gasteiger partial charge >= 0.3 is 12.0 Å². The molecular formula is C15H20N2O3S. The number of fused-ring (bicyclic) bond motifs is 1. The molecule has 1 aliphatic rings. The predicted octanol–water partition coefficient (Wildman–Crippen LogP) is 2.60. The SMILES string of the molecule is CSC(C)(C)CNC(=O)N1CCc2ccc(C(=O)O)cc21. The van der Waals surface area contributed by atoms with E-state index in [1.165, 1.54) is 0 Å². The number of rotatable bonds is 4. The van der Waals surface area contributed by atoms with Crippen molar-refractivity contribution >= 4 is 29.4 Å². The summed E-state index contributed by atoms with van der Waals surface area (Å²) in [4.78, 5) is 25.0. The monoisotopic (exact) mass is 308 g/mol. The smallest absolute Gasteiger partial charge is 0.335 e. The Morgan fingerprint density at radius 3 is 2.76 bits per heavy atom. The number of nitrogens with one attached hydrogen (secondary N) is 1. The molecule has 0 fully saturated rings. The Morgan fingerprint density at radius 2 is 2.14 bits per heavy atom. The summed E-state index contributed by atoms with van der Waals surface area (Å²) in [5, 5.41) is 12.0. The third-order valence-electron chi connectivity index (χ3n) is 3.69. The van der Waals surface area contributed by atoms with Crippen molar-refractivity contribution in [2.75, 3.05) is 24.2 Å². The molecular weight excluding hydrogens is 288 g/mol. The first kappa shape index (κ1) is 15.7. The van der Waals surface area contributed by atoms with Crippen molar-refractivity contribution < 1.29 is 14.7 Å². The Morgan fingerprint density at radius 1 is 1.43 bits per heavy atom. The molecule has 2 amide bonds. The number of anilines is 1. The Labute approximate surface area is 128 Å². The second kappa shape index (κ2) is 5.97. The van der Waals surface area contributed by atoms with Crippen molar-refractivity contribution in [1.82, 2.24) is 5.32 Å². The first-order valence-corrected chi connectivity index (χ1v) is 8.03. The van der Waals surface area contributed by atoms with E-state index in [9.17, 15) is 9.59 Å². The highest BCUT2D eigenvalue weighted by atomic mass is 32.2.